The molecule has 0 saturated heterocycles. The van der Waals surface area contributed by atoms with Gasteiger partial charge in [-0.3, -0.25) is 10.1 Å². The van der Waals surface area contributed by atoms with Gasteiger partial charge in [-0.1, -0.05) is 26.0 Å². The van der Waals surface area contributed by atoms with Crippen LogP contribution in [-0.2, 0) is 4.74 Å². The first kappa shape index (κ1) is 11.7. The van der Waals surface area contributed by atoms with Gasteiger partial charge in [0.2, 0.25) is 0 Å². The molecule has 4 heteroatoms. The van der Waals surface area contributed by atoms with Crippen LogP contribution in [0.15, 0.2) is 24.3 Å². The fraction of sp³-hybridized carbons (Fsp3) is 0.364. The highest BCUT2D eigenvalue weighted by Crippen LogP contribution is 2.32. The van der Waals surface area contributed by atoms with Crippen molar-refractivity contribution in [2.75, 3.05) is 0 Å². The van der Waals surface area contributed by atoms with Gasteiger partial charge in [-0.2, -0.15) is 0 Å². The quantitative estimate of drug-likeness (QED) is 0.564. The molecule has 1 atom stereocenters. The van der Waals surface area contributed by atoms with E-state index in [0.717, 1.165) is 0 Å². The maximum atomic E-state index is 10.8. The van der Waals surface area contributed by atoms with Crippen LogP contribution in [0.4, 0.5) is 5.69 Å². The van der Waals surface area contributed by atoms with Gasteiger partial charge in [0.15, 0.2) is 0 Å². The second kappa shape index (κ2) is 4.89. The zero-order chi connectivity index (χ0) is 11.4. The van der Waals surface area contributed by atoms with Crippen molar-refractivity contribution in [2.45, 2.75) is 20.0 Å². The molecule has 1 aromatic carbocycles. The van der Waals surface area contributed by atoms with Crippen molar-refractivity contribution in [3.63, 3.8) is 0 Å². The van der Waals surface area contributed by atoms with Gasteiger partial charge in [0.1, 0.15) is 0 Å². The smallest absolute Gasteiger partial charge is 0.275 e. The van der Waals surface area contributed by atoms with Gasteiger partial charge in [0.05, 0.1) is 23.7 Å². The molecule has 1 unspecified atom stereocenters. The number of benzene rings is 1. The van der Waals surface area contributed by atoms with Gasteiger partial charge in [0, 0.05) is 6.07 Å². The lowest BCUT2D eigenvalue weighted by atomic mass is 9.97. The molecule has 1 aromatic rings. The third kappa shape index (κ3) is 2.53. The Labute approximate surface area is 89.0 Å². The molecule has 0 aliphatic rings. The van der Waals surface area contributed by atoms with E-state index in [9.17, 15) is 10.1 Å². The topological polar surface area (TPSA) is 52.4 Å². The fourth-order valence-corrected chi connectivity index (χ4v) is 1.54. The summed E-state index contributed by atoms with van der Waals surface area (Å²) in [5.74, 6) is 0.142. The summed E-state index contributed by atoms with van der Waals surface area (Å²) in [4.78, 5) is 10.4. The maximum Gasteiger partial charge on any atom is 0.275 e. The third-order valence-corrected chi connectivity index (χ3v) is 2.23. The van der Waals surface area contributed by atoms with Crippen LogP contribution >= 0.6 is 0 Å². The summed E-state index contributed by atoms with van der Waals surface area (Å²) in [5.41, 5.74) is 0.660. The number of nitro groups is 1. The number of rotatable bonds is 4. The van der Waals surface area contributed by atoms with E-state index in [1.54, 1.807) is 18.2 Å². The van der Waals surface area contributed by atoms with Crippen LogP contribution in [0.25, 0.3) is 0 Å². The number of hydrogen-bond acceptors (Lipinski definition) is 3. The van der Waals surface area contributed by atoms with Crippen molar-refractivity contribution < 1.29 is 9.66 Å². The Kier molecular flexibility index (Phi) is 3.80. The van der Waals surface area contributed by atoms with Crippen LogP contribution in [0.3, 0.4) is 0 Å². The standard InChI is InChI=1S/C11H14NO3/c1-8(2)11(15-3)9-6-4-5-7-10(9)12(13)14/h4-8,11H,3H2,1-2H3. The third-order valence-electron chi connectivity index (χ3n) is 2.23. The lowest BCUT2D eigenvalue weighted by Gasteiger charge is -2.18. The molecule has 1 rings (SSSR count). The van der Waals surface area contributed by atoms with Gasteiger partial charge in [-0.25, -0.2) is 0 Å². The molecule has 0 bridgehead atoms. The van der Waals surface area contributed by atoms with E-state index in [1.165, 1.54) is 6.07 Å². The van der Waals surface area contributed by atoms with Crippen LogP contribution < -0.4 is 0 Å². The molecule has 0 spiro atoms. The number of nitro benzene ring substituents is 1. The molecule has 0 fully saturated rings. The molecule has 0 amide bonds. The normalized spacial score (nSPS) is 12.8. The molecule has 0 N–H and O–H groups in total. The molecule has 81 valence electrons. The molecule has 4 nitrogen and oxygen atoms in total. The molecular weight excluding hydrogens is 194 g/mol. The minimum absolute atomic E-state index is 0.0832. The van der Waals surface area contributed by atoms with Crippen LogP contribution in [-0.4, -0.2) is 4.92 Å². The van der Waals surface area contributed by atoms with Crippen molar-refractivity contribution in [3.8, 4) is 0 Å². The van der Waals surface area contributed by atoms with Crippen LogP contribution in [0, 0.1) is 23.1 Å². The predicted octanol–water partition coefficient (Wildman–Crippen LogP) is 3.10. The van der Waals surface area contributed by atoms with Gasteiger partial charge in [-0.05, 0) is 12.0 Å². The van der Waals surface area contributed by atoms with Gasteiger partial charge >= 0.3 is 0 Å². The lowest BCUT2D eigenvalue weighted by Crippen LogP contribution is -2.10. The van der Waals surface area contributed by atoms with Crippen molar-refractivity contribution in [3.05, 3.63) is 47.1 Å². The molecule has 0 aliphatic heterocycles. The first-order chi connectivity index (χ1) is 7.07. The first-order valence-corrected chi connectivity index (χ1v) is 4.72. The van der Waals surface area contributed by atoms with Crippen LogP contribution in [0.5, 0.6) is 0 Å². The molecule has 0 aromatic heterocycles. The van der Waals surface area contributed by atoms with Crippen LogP contribution in [0.2, 0.25) is 0 Å². The Morgan fingerprint density at radius 3 is 2.47 bits per heavy atom. The minimum atomic E-state index is -0.399. The van der Waals surface area contributed by atoms with E-state index in [4.69, 9.17) is 4.74 Å². The van der Waals surface area contributed by atoms with E-state index in [-0.39, 0.29) is 17.7 Å². The lowest BCUT2D eigenvalue weighted by molar-refractivity contribution is -0.386. The fourth-order valence-electron chi connectivity index (χ4n) is 1.54. The first-order valence-electron chi connectivity index (χ1n) is 4.72. The molecule has 0 heterocycles. The van der Waals surface area contributed by atoms with Crippen molar-refractivity contribution in [1.82, 2.24) is 0 Å². The summed E-state index contributed by atoms with van der Waals surface area (Å²) in [5, 5.41) is 10.8. The van der Waals surface area contributed by atoms with Gasteiger partial charge < -0.3 is 4.74 Å². The number of nitrogens with zero attached hydrogens (tertiary/aromatic N) is 1. The Morgan fingerprint density at radius 1 is 1.40 bits per heavy atom. The zero-order valence-electron chi connectivity index (χ0n) is 8.84. The van der Waals surface area contributed by atoms with E-state index in [1.807, 2.05) is 13.8 Å². The average molecular weight is 208 g/mol. The average Bonchev–Trinajstić information content (AvgIpc) is 2.18. The van der Waals surface area contributed by atoms with Gasteiger partial charge in [-0.15, -0.1) is 0 Å². The molecule has 15 heavy (non-hydrogen) atoms. The van der Waals surface area contributed by atoms with E-state index in [0.29, 0.717) is 5.56 Å². The van der Waals surface area contributed by atoms with Crippen molar-refractivity contribution in [2.24, 2.45) is 5.92 Å². The Balaban J connectivity index is 3.16. The minimum Gasteiger partial charge on any atom is -0.371 e. The van der Waals surface area contributed by atoms with E-state index >= 15 is 0 Å². The van der Waals surface area contributed by atoms with Crippen molar-refractivity contribution >= 4 is 5.69 Å². The summed E-state index contributed by atoms with van der Waals surface area (Å²) in [7, 11) is 3.36. The second-order valence-electron chi connectivity index (χ2n) is 3.65. The number of hydrogen-bond donors (Lipinski definition) is 0. The Hall–Kier alpha value is -1.42. The van der Waals surface area contributed by atoms with Crippen molar-refractivity contribution in [1.29, 1.82) is 0 Å². The molecule has 0 saturated carbocycles. The summed E-state index contributed by atoms with van der Waals surface area (Å²) in [6.45, 7) is 3.87. The maximum absolute atomic E-state index is 10.8. The SMILES string of the molecule is [CH2]OC(c1ccccc1[N+](=O)[O-])C(C)C. The van der Waals surface area contributed by atoms with E-state index < -0.39 is 4.92 Å². The molecular formula is C11H14NO3. The number of ether oxygens (including phenoxy) is 1. The predicted molar refractivity (Wildman–Crippen MR) is 57.1 cm³/mol. The summed E-state index contributed by atoms with van der Waals surface area (Å²) in [6, 6.07) is 6.58. The largest absolute Gasteiger partial charge is 0.371 e. The van der Waals surface area contributed by atoms with E-state index in [2.05, 4.69) is 7.11 Å². The summed E-state index contributed by atoms with van der Waals surface area (Å²) >= 11 is 0. The highest BCUT2D eigenvalue weighted by molar-refractivity contribution is 5.41. The summed E-state index contributed by atoms with van der Waals surface area (Å²) < 4.78 is 5.03. The Morgan fingerprint density at radius 2 is 2.00 bits per heavy atom. The molecule has 0 aliphatic carbocycles. The number of para-hydroxylation sites is 1. The summed E-state index contributed by atoms with van der Waals surface area (Å²) in [6.07, 6.45) is -0.341. The van der Waals surface area contributed by atoms with Crippen LogP contribution in [0.1, 0.15) is 25.5 Å². The Bertz CT molecular complexity index is 349. The van der Waals surface area contributed by atoms with Gasteiger partial charge in [0.25, 0.3) is 5.69 Å². The highest BCUT2D eigenvalue weighted by atomic mass is 16.6. The second-order valence-corrected chi connectivity index (χ2v) is 3.65. The highest BCUT2D eigenvalue weighted by Gasteiger charge is 2.23. The zero-order valence-corrected chi connectivity index (χ0v) is 8.84. The monoisotopic (exact) mass is 208 g/mol. The molecule has 1 radical (unpaired) electrons.